The van der Waals surface area contributed by atoms with Gasteiger partial charge in [-0.15, -0.1) is 0 Å². The molecule has 1 saturated carbocycles. The Kier molecular flexibility index (Phi) is 6.45. The maximum Gasteiger partial charge on any atom is 0.0221 e. The summed E-state index contributed by atoms with van der Waals surface area (Å²) in [6.07, 6.45) is 3.75. The summed E-state index contributed by atoms with van der Waals surface area (Å²) in [5, 5.41) is 3.59. The number of hydrogen-bond acceptors (Lipinski definition) is 3. The van der Waals surface area contributed by atoms with E-state index < -0.39 is 0 Å². The highest BCUT2D eigenvalue weighted by Crippen LogP contribution is 2.24. The van der Waals surface area contributed by atoms with Crippen LogP contribution in [0.4, 0.5) is 0 Å². The fourth-order valence-electron chi connectivity index (χ4n) is 2.94. The van der Waals surface area contributed by atoms with Crippen molar-refractivity contribution in [2.45, 2.75) is 65.1 Å². The molecule has 0 heterocycles. The van der Waals surface area contributed by atoms with Gasteiger partial charge in [0.15, 0.2) is 0 Å². The highest BCUT2D eigenvalue weighted by atomic mass is 15.1. The monoisotopic (exact) mass is 241 g/mol. The summed E-state index contributed by atoms with van der Waals surface area (Å²) in [6.45, 7) is 12.5. The SMILES string of the molecule is CCN(CC)CC1CCC(NC(C)C)C(N)C1. The van der Waals surface area contributed by atoms with Crippen LogP contribution < -0.4 is 11.1 Å². The van der Waals surface area contributed by atoms with Crippen molar-refractivity contribution in [3.8, 4) is 0 Å². The summed E-state index contributed by atoms with van der Waals surface area (Å²) in [5.74, 6) is 0.801. The van der Waals surface area contributed by atoms with Crippen molar-refractivity contribution in [1.82, 2.24) is 10.2 Å². The molecule has 17 heavy (non-hydrogen) atoms. The number of rotatable bonds is 6. The Labute approximate surface area is 107 Å². The predicted molar refractivity (Wildman–Crippen MR) is 75.2 cm³/mol. The van der Waals surface area contributed by atoms with Gasteiger partial charge in [0.05, 0.1) is 0 Å². The molecule has 0 saturated heterocycles. The fourth-order valence-corrected chi connectivity index (χ4v) is 2.94. The second-order valence-corrected chi connectivity index (χ2v) is 5.76. The molecule has 102 valence electrons. The number of nitrogens with one attached hydrogen (secondary N) is 1. The van der Waals surface area contributed by atoms with Gasteiger partial charge in [0.2, 0.25) is 0 Å². The molecule has 1 aliphatic carbocycles. The molecule has 0 aromatic carbocycles. The highest BCUT2D eigenvalue weighted by Gasteiger charge is 2.28. The third kappa shape index (κ3) is 4.94. The molecule has 0 aromatic rings. The van der Waals surface area contributed by atoms with Crippen LogP contribution in [0.25, 0.3) is 0 Å². The van der Waals surface area contributed by atoms with Gasteiger partial charge >= 0.3 is 0 Å². The lowest BCUT2D eigenvalue weighted by Gasteiger charge is -2.37. The summed E-state index contributed by atoms with van der Waals surface area (Å²) < 4.78 is 0. The maximum atomic E-state index is 6.30. The van der Waals surface area contributed by atoms with Crippen LogP contribution in [-0.2, 0) is 0 Å². The first-order valence-electron chi connectivity index (χ1n) is 7.30. The Hall–Kier alpha value is -0.120. The lowest BCUT2D eigenvalue weighted by molar-refractivity contribution is 0.181. The second-order valence-electron chi connectivity index (χ2n) is 5.76. The topological polar surface area (TPSA) is 41.3 Å². The second kappa shape index (κ2) is 7.34. The van der Waals surface area contributed by atoms with Gasteiger partial charge < -0.3 is 16.0 Å². The summed E-state index contributed by atoms with van der Waals surface area (Å²) >= 11 is 0. The van der Waals surface area contributed by atoms with E-state index in [0.29, 0.717) is 18.1 Å². The number of nitrogens with zero attached hydrogens (tertiary/aromatic N) is 1. The van der Waals surface area contributed by atoms with Crippen LogP contribution in [0, 0.1) is 5.92 Å². The third-order valence-electron chi connectivity index (χ3n) is 3.97. The van der Waals surface area contributed by atoms with Crippen LogP contribution >= 0.6 is 0 Å². The highest BCUT2D eigenvalue weighted by molar-refractivity contribution is 4.89. The Morgan fingerprint density at radius 1 is 1.24 bits per heavy atom. The molecule has 1 aliphatic rings. The van der Waals surface area contributed by atoms with E-state index in [1.165, 1.54) is 25.8 Å². The number of hydrogen-bond donors (Lipinski definition) is 2. The molecule has 3 unspecified atom stereocenters. The molecule has 3 heteroatoms. The largest absolute Gasteiger partial charge is 0.326 e. The zero-order valence-electron chi connectivity index (χ0n) is 12.1. The molecular weight excluding hydrogens is 210 g/mol. The van der Waals surface area contributed by atoms with E-state index in [1.54, 1.807) is 0 Å². The molecule has 0 bridgehead atoms. The standard InChI is InChI=1S/C14H31N3/c1-5-17(6-2)10-12-7-8-14(13(15)9-12)16-11(3)4/h11-14,16H,5-10,15H2,1-4H3. The minimum atomic E-state index is 0.340. The van der Waals surface area contributed by atoms with Gasteiger partial charge in [-0.2, -0.15) is 0 Å². The normalized spacial score (nSPS) is 30.2. The molecule has 1 rings (SSSR count). The first-order chi connectivity index (χ1) is 8.06. The smallest absolute Gasteiger partial charge is 0.0221 e. The first kappa shape index (κ1) is 14.9. The van der Waals surface area contributed by atoms with Crippen LogP contribution in [-0.4, -0.2) is 42.7 Å². The van der Waals surface area contributed by atoms with Crippen LogP contribution in [0.2, 0.25) is 0 Å². The maximum absolute atomic E-state index is 6.30. The Balaban J connectivity index is 2.35. The van der Waals surface area contributed by atoms with Crippen LogP contribution in [0.3, 0.4) is 0 Å². The Morgan fingerprint density at radius 3 is 2.35 bits per heavy atom. The molecule has 0 aliphatic heterocycles. The average Bonchev–Trinajstić information content (AvgIpc) is 2.29. The third-order valence-corrected chi connectivity index (χ3v) is 3.97. The summed E-state index contributed by atoms with van der Waals surface area (Å²) in [7, 11) is 0. The van der Waals surface area contributed by atoms with Crippen LogP contribution in [0.1, 0.15) is 47.0 Å². The fraction of sp³-hybridized carbons (Fsp3) is 1.00. The molecule has 0 amide bonds. The van der Waals surface area contributed by atoms with Crippen molar-refractivity contribution in [3.05, 3.63) is 0 Å². The molecule has 3 atom stereocenters. The zero-order chi connectivity index (χ0) is 12.8. The summed E-state index contributed by atoms with van der Waals surface area (Å²) in [4.78, 5) is 2.52. The molecule has 0 aromatic heterocycles. The minimum absolute atomic E-state index is 0.340. The predicted octanol–water partition coefficient (Wildman–Crippen LogP) is 1.82. The zero-order valence-corrected chi connectivity index (χ0v) is 12.1. The van der Waals surface area contributed by atoms with E-state index in [4.69, 9.17) is 5.73 Å². The molecule has 3 nitrogen and oxygen atoms in total. The number of nitrogens with two attached hydrogens (primary N) is 1. The van der Waals surface area contributed by atoms with Gasteiger partial charge in [0.25, 0.3) is 0 Å². The van der Waals surface area contributed by atoms with Gasteiger partial charge in [0.1, 0.15) is 0 Å². The van der Waals surface area contributed by atoms with E-state index in [-0.39, 0.29) is 0 Å². The molecular formula is C14H31N3. The lowest BCUT2D eigenvalue weighted by atomic mass is 9.82. The van der Waals surface area contributed by atoms with Crippen molar-refractivity contribution in [2.75, 3.05) is 19.6 Å². The van der Waals surface area contributed by atoms with E-state index in [2.05, 4.69) is 37.9 Å². The molecule has 1 fully saturated rings. The summed E-state index contributed by atoms with van der Waals surface area (Å²) in [5.41, 5.74) is 6.30. The van der Waals surface area contributed by atoms with Gasteiger partial charge in [-0.3, -0.25) is 0 Å². The van der Waals surface area contributed by atoms with Gasteiger partial charge in [-0.25, -0.2) is 0 Å². The molecule has 3 N–H and O–H groups in total. The van der Waals surface area contributed by atoms with E-state index in [0.717, 1.165) is 19.0 Å². The molecule has 0 spiro atoms. The van der Waals surface area contributed by atoms with Crippen molar-refractivity contribution < 1.29 is 0 Å². The van der Waals surface area contributed by atoms with E-state index in [1.807, 2.05) is 0 Å². The van der Waals surface area contributed by atoms with Gasteiger partial charge in [0, 0.05) is 24.7 Å². The van der Waals surface area contributed by atoms with Crippen molar-refractivity contribution in [2.24, 2.45) is 11.7 Å². The quantitative estimate of drug-likeness (QED) is 0.745. The Morgan fingerprint density at radius 2 is 1.88 bits per heavy atom. The first-order valence-corrected chi connectivity index (χ1v) is 7.30. The van der Waals surface area contributed by atoms with Crippen LogP contribution in [0.15, 0.2) is 0 Å². The lowest BCUT2D eigenvalue weighted by Crippen LogP contribution is -2.52. The van der Waals surface area contributed by atoms with E-state index in [9.17, 15) is 0 Å². The summed E-state index contributed by atoms with van der Waals surface area (Å²) in [6, 6.07) is 1.42. The van der Waals surface area contributed by atoms with Gasteiger partial charge in [-0.1, -0.05) is 27.7 Å². The average molecular weight is 241 g/mol. The minimum Gasteiger partial charge on any atom is -0.326 e. The van der Waals surface area contributed by atoms with E-state index >= 15 is 0 Å². The van der Waals surface area contributed by atoms with Crippen molar-refractivity contribution >= 4 is 0 Å². The Bertz CT molecular complexity index is 202. The molecule has 0 radical (unpaired) electrons. The van der Waals surface area contributed by atoms with Crippen molar-refractivity contribution in [3.63, 3.8) is 0 Å². The van der Waals surface area contributed by atoms with Gasteiger partial charge in [-0.05, 0) is 38.3 Å². The van der Waals surface area contributed by atoms with Crippen LogP contribution in [0.5, 0.6) is 0 Å². The van der Waals surface area contributed by atoms with Crippen molar-refractivity contribution in [1.29, 1.82) is 0 Å².